The third kappa shape index (κ3) is 3.51. The van der Waals surface area contributed by atoms with Crippen LogP contribution in [0.2, 0.25) is 5.02 Å². The number of ether oxygens (including phenoxy) is 1. The average Bonchev–Trinajstić information content (AvgIpc) is 2.73. The minimum Gasteiger partial charge on any atom is -0.464 e. The molecule has 0 bridgehead atoms. The fourth-order valence-corrected chi connectivity index (χ4v) is 3.04. The number of carbonyl (C=O) groups excluding carboxylic acids is 3. The lowest BCUT2D eigenvalue weighted by atomic mass is 10.2. The number of thioether (sulfide) groups is 1. The lowest BCUT2D eigenvalue weighted by molar-refractivity contribution is -0.150. The number of esters is 1. The number of halogens is 1. The molecule has 116 valence electrons. The van der Waals surface area contributed by atoms with Crippen LogP contribution in [0.15, 0.2) is 29.2 Å². The zero-order chi connectivity index (χ0) is 16.3. The molecule has 1 aromatic rings. The van der Waals surface area contributed by atoms with Gasteiger partial charge in [-0.3, -0.25) is 14.5 Å². The van der Waals surface area contributed by atoms with Gasteiger partial charge in [0.05, 0.1) is 11.5 Å². The summed E-state index contributed by atoms with van der Waals surface area (Å²) in [5.74, 6) is -1.11. The summed E-state index contributed by atoms with van der Waals surface area (Å²) in [7, 11) is 0. The number of amides is 2. The van der Waals surface area contributed by atoms with Gasteiger partial charge in [-0.1, -0.05) is 23.7 Å². The lowest BCUT2D eigenvalue weighted by Gasteiger charge is -2.19. The van der Waals surface area contributed by atoms with Crippen LogP contribution in [0.25, 0.3) is 6.08 Å². The van der Waals surface area contributed by atoms with E-state index in [1.165, 1.54) is 6.92 Å². The third-order valence-corrected chi connectivity index (χ3v) is 4.10. The van der Waals surface area contributed by atoms with Gasteiger partial charge in [0.1, 0.15) is 6.04 Å². The summed E-state index contributed by atoms with van der Waals surface area (Å²) in [6, 6.07) is 5.98. The number of rotatable bonds is 4. The summed E-state index contributed by atoms with van der Waals surface area (Å²) < 4.78 is 4.85. The van der Waals surface area contributed by atoms with E-state index in [1.807, 2.05) is 0 Å². The first-order valence-corrected chi connectivity index (χ1v) is 7.82. The Hall–Kier alpha value is -1.79. The maximum atomic E-state index is 12.3. The average molecular weight is 340 g/mol. The highest BCUT2D eigenvalue weighted by molar-refractivity contribution is 8.18. The zero-order valence-electron chi connectivity index (χ0n) is 12.0. The van der Waals surface area contributed by atoms with Gasteiger partial charge >= 0.3 is 5.97 Å². The van der Waals surface area contributed by atoms with E-state index in [0.717, 1.165) is 16.7 Å². The molecule has 22 heavy (non-hydrogen) atoms. The van der Waals surface area contributed by atoms with Gasteiger partial charge in [0.2, 0.25) is 0 Å². The van der Waals surface area contributed by atoms with Crippen LogP contribution >= 0.6 is 23.4 Å². The van der Waals surface area contributed by atoms with E-state index >= 15 is 0 Å². The number of imide groups is 1. The molecule has 0 radical (unpaired) electrons. The van der Waals surface area contributed by atoms with Crippen molar-refractivity contribution in [3.8, 4) is 0 Å². The Morgan fingerprint density at radius 2 is 2.18 bits per heavy atom. The van der Waals surface area contributed by atoms with Crippen LogP contribution in [0, 0.1) is 0 Å². The Morgan fingerprint density at radius 1 is 1.45 bits per heavy atom. The molecule has 1 atom stereocenters. The molecule has 1 unspecified atom stereocenters. The molecule has 0 saturated carbocycles. The second-order valence-corrected chi connectivity index (χ2v) is 5.96. The van der Waals surface area contributed by atoms with Crippen molar-refractivity contribution in [2.45, 2.75) is 19.9 Å². The maximum absolute atomic E-state index is 12.3. The van der Waals surface area contributed by atoms with Gasteiger partial charge in [0.15, 0.2) is 0 Å². The van der Waals surface area contributed by atoms with Gasteiger partial charge < -0.3 is 4.74 Å². The largest absolute Gasteiger partial charge is 0.464 e. The highest BCUT2D eigenvalue weighted by Gasteiger charge is 2.41. The molecular weight excluding hydrogens is 326 g/mol. The molecule has 0 aliphatic carbocycles. The van der Waals surface area contributed by atoms with E-state index in [1.54, 1.807) is 37.3 Å². The second-order valence-electron chi connectivity index (χ2n) is 4.53. The number of nitrogens with zero attached hydrogens (tertiary/aromatic N) is 1. The molecule has 1 aliphatic heterocycles. The minimum atomic E-state index is -0.947. The summed E-state index contributed by atoms with van der Waals surface area (Å²) in [6.07, 6.45) is 1.58. The molecule has 1 heterocycles. The Balaban J connectivity index is 2.23. The first kappa shape index (κ1) is 16.6. The number of hydrogen-bond donors (Lipinski definition) is 0. The van der Waals surface area contributed by atoms with Crippen LogP contribution in [0.1, 0.15) is 19.4 Å². The third-order valence-electron chi connectivity index (χ3n) is 2.98. The van der Waals surface area contributed by atoms with E-state index in [4.69, 9.17) is 16.3 Å². The molecule has 2 rings (SSSR count). The van der Waals surface area contributed by atoms with Gasteiger partial charge in [-0.25, -0.2) is 4.79 Å². The van der Waals surface area contributed by atoms with E-state index in [2.05, 4.69) is 0 Å². The Labute approximate surface area is 137 Å². The second kappa shape index (κ2) is 6.98. The molecule has 1 aliphatic rings. The predicted molar refractivity (Wildman–Crippen MR) is 85.4 cm³/mol. The highest BCUT2D eigenvalue weighted by Crippen LogP contribution is 2.34. The first-order valence-electron chi connectivity index (χ1n) is 6.63. The molecule has 0 N–H and O–H groups in total. The Kier molecular flexibility index (Phi) is 5.26. The monoisotopic (exact) mass is 339 g/mol. The molecule has 2 amide bonds. The maximum Gasteiger partial charge on any atom is 0.329 e. The SMILES string of the molecule is CCOC(=O)C(C)N1C(=O)S/C(=C\c2cccc(Cl)c2)C1=O. The standard InChI is InChI=1S/C15H14ClNO4S/c1-3-21-14(19)9(2)17-13(18)12(22-15(17)20)8-10-5-4-6-11(16)7-10/h4-9H,3H2,1-2H3/b12-8-. The Morgan fingerprint density at radius 3 is 2.82 bits per heavy atom. The quantitative estimate of drug-likeness (QED) is 0.622. The van der Waals surface area contributed by atoms with Crippen molar-refractivity contribution in [1.29, 1.82) is 0 Å². The van der Waals surface area contributed by atoms with Gasteiger partial charge in [0, 0.05) is 5.02 Å². The van der Waals surface area contributed by atoms with E-state index in [-0.39, 0.29) is 11.5 Å². The molecule has 0 aromatic heterocycles. The molecule has 7 heteroatoms. The van der Waals surface area contributed by atoms with Crippen LogP contribution in [-0.2, 0) is 14.3 Å². The van der Waals surface area contributed by atoms with Gasteiger partial charge in [-0.2, -0.15) is 0 Å². The number of carbonyl (C=O) groups is 3. The highest BCUT2D eigenvalue weighted by atomic mass is 35.5. The van der Waals surface area contributed by atoms with Crippen LogP contribution in [-0.4, -0.2) is 34.7 Å². The lowest BCUT2D eigenvalue weighted by Crippen LogP contribution is -2.42. The van der Waals surface area contributed by atoms with Crippen molar-refractivity contribution >= 4 is 46.6 Å². The zero-order valence-corrected chi connectivity index (χ0v) is 13.6. The smallest absolute Gasteiger partial charge is 0.329 e. The van der Waals surface area contributed by atoms with Crippen LogP contribution in [0.4, 0.5) is 4.79 Å². The summed E-state index contributed by atoms with van der Waals surface area (Å²) in [5, 5.41) is 0.0479. The van der Waals surface area contributed by atoms with Crippen molar-refractivity contribution in [1.82, 2.24) is 4.90 Å². The normalized spacial score (nSPS) is 18.0. The van der Waals surface area contributed by atoms with Crippen molar-refractivity contribution < 1.29 is 19.1 Å². The number of benzene rings is 1. The molecule has 1 fully saturated rings. The summed E-state index contributed by atoms with van der Waals surface area (Å²) in [4.78, 5) is 37.2. The van der Waals surface area contributed by atoms with Crippen molar-refractivity contribution in [3.05, 3.63) is 39.8 Å². The van der Waals surface area contributed by atoms with Crippen molar-refractivity contribution in [3.63, 3.8) is 0 Å². The summed E-state index contributed by atoms with van der Waals surface area (Å²) >= 11 is 6.69. The molecule has 1 saturated heterocycles. The summed E-state index contributed by atoms with van der Waals surface area (Å²) in [5.41, 5.74) is 0.710. The van der Waals surface area contributed by atoms with Crippen molar-refractivity contribution in [2.75, 3.05) is 6.61 Å². The molecular formula is C15H14ClNO4S. The Bertz CT molecular complexity index is 659. The van der Waals surface area contributed by atoms with Crippen LogP contribution in [0.3, 0.4) is 0 Å². The molecule has 1 aromatic carbocycles. The predicted octanol–water partition coefficient (Wildman–Crippen LogP) is 3.33. The van der Waals surface area contributed by atoms with E-state index < -0.39 is 23.2 Å². The van der Waals surface area contributed by atoms with Gasteiger partial charge in [0.25, 0.3) is 11.1 Å². The molecule has 0 spiro atoms. The summed E-state index contributed by atoms with van der Waals surface area (Å²) in [6.45, 7) is 3.33. The fraction of sp³-hybridized carbons (Fsp3) is 0.267. The fourth-order valence-electron chi connectivity index (χ4n) is 1.93. The topological polar surface area (TPSA) is 63.7 Å². The number of hydrogen-bond acceptors (Lipinski definition) is 5. The minimum absolute atomic E-state index is 0.192. The van der Waals surface area contributed by atoms with Gasteiger partial charge in [-0.15, -0.1) is 0 Å². The molecule has 5 nitrogen and oxygen atoms in total. The van der Waals surface area contributed by atoms with Crippen LogP contribution < -0.4 is 0 Å². The van der Waals surface area contributed by atoms with E-state index in [0.29, 0.717) is 10.6 Å². The van der Waals surface area contributed by atoms with Gasteiger partial charge in [-0.05, 0) is 49.4 Å². The van der Waals surface area contributed by atoms with Crippen molar-refractivity contribution in [2.24, 2.45) is 0 Å². The van der Waals surface area contributed by atoms with E-state index in [9.17, 15) is 14.4 Å². The van der Waals surface area contributed by atoms with Crippen LogP contribution in [0.5, 0.6) is 0 Å². The first-order chi connectivity index (χ1) is 10.4.